The molecule has 3 nitrogen and oxygen atoms in total. The van der Waals surface area contributed by atoms with Crippen molar-refractivity contribution in [1.82, 2.24) is 0 Å². The SMILES string of the molecule is CC[As](=O)(O)O. The van der Waals surface area contributed by atoms with Crippen molar-refractivity contribution in [1.29, 1.82) is 0 Å². The molecule has 0 radical (unpaired) electrons. The summed E-state index contributed by atoms with van der Waals surface area (Å²) in [7, 11) is 0. The summed E-state index contributed by atoms with van der Waals surface area (Å²) in [6.45, 7) is 1.47. The van der Waals surface area contributed by atoms with E-state index in [0.717, 1.165) is 0 Å². The Labute approximate surface area is 39.0 Å². The summed E-state index contributed by atoms with van der Waals surface area (Å²) in [6, 6.07) is 0. The van der Waals surface area contributed by atoms with Crippen LogP contribution in [0.15, 0.2) is 0 Å². The zero-order chi connectivity index (χ0) is 5.21. The fraction of sp³-hybridized carbons (Fsp3) is 1.00. The van der Waals surface area contributed by atoms with Crippen molar-refractivity contribution < 1.29 is 11.9 Å². The van der Waals surface area contributed by atoms with Crippen LogP contribution < -0.4 is 0 Å². The molecule has 38 valence electrons. The van der Waals surface area contributed by atoms with Crippen LogP contribution >= 0.6 is 0 Å². The average molecular weight is 154 g/mol. The van der Waals surface area contributed by atoms with Crippen LogP contribution in [0.2, 0.25) is 5.21 Å². The van der Waals surface area contributed by atoms with Crippen LogP contribution in [0.4, 0.5) is 0 Å². The van der Waals surface area contributed by atoms with Gasteiger partial charge in [-0.2, -0.15) is 0 Å². The van der Waals surface area contributed by atoms with Crippen molar-refractivity contribution in [2.75, 3.05) is 0 Å². The molecule has 0 saturated heterocycles. The maximum absolute atomic E-state index is 9.76. The van der Waals surface area contributed by atoms with Gasteiger partial charge >= 0.3 is 38.2 Å². The molecule has 0 unspecified atom stereocenters. The molecule has 0 aromatic rings. The molecule has 0 spiro atoms. The van der Waals surface area contributed by atoms with E-state index in [2.05, 4.69) is 0 Å². The molecule has 0 fully saturated rings. The Morgan fingerprint density at radius 1 is 1.67 bits per heavy atom. The van der Waals surface area contributed by atoms with Gasteiger partial charge in [-0.1, -0.05) is 0 Å². The molecule has 0 heterocycles. The van der Waals surface area contributed by atoms with E-state index in [4.69, 9.17) is 8.19 Å². The van der Waals surface area contributed by atoms with Crippen molar-refractivity contribution in [2.45, 2.75) is 12.1 Å². The van der Waals surface area contributed by atoms with Gasteiger partial charge in [0.15, 0.2) is 0 Å². The molecule has 0 saturated carbocycles. The molecule has 6 heavy (non-hydrogen) atoms. The molecule has 0 aromatic carbocycles. The van der Waals surface area contributed by atoms with Crippen LogP contribution in [-0.2, 0) is 3.74 Å². The molecule has 0 amide bonds. The van der Waals surface area contributed by atoms with E-state index in [-0.39, 0.29) is 5.21 Å². The van der Waals surface area contributed by atoms with Crippen LogP contribution in [0.3, 0.4) is 0 Å². The molecule has 0 aliphatic carbocycles. The van der Waals surface area contributed by atoms with Crippen LogP contribution in [0.25, 0.3) is 0 Å². The average Bonchev–Trinajstić information content (AvgIpc) is 1.35. The number of rotatable bonds is 1. The molecule has 0 atom stereocenters. The molecular formula is C2H7AsO3. The summed E-state index contributed by atoms with van der Waals surface area (Å²) in [5.74, 6) is 0. The van der Waals surface area contributed by atoms with Crippen LogP contribution in [-0.4, -0.2) is 22.4 Å². The summed E-state index contributed by atoms with van der Waals surface area (Å²) in [5.41, 5.74) is 0. The fourth-order valence-electron chi connectivity index (χ4n) is 0. The van der Waals surface area contributed by atoms with Crippen molar-refractivity contribution >= 4 is 14.2 Å². The van der Waals surface area contributed by atoms with Gasteiger partial charge in [-0.25, -0.2) is 0 Å². The summed E-state index contributed by atoms with van der Waals surface area (Å²) in [4.78, 5) is 0. The van der Waals surface area contributed by atoms with Crippen molar-refractivity contribution in [3.05, 3.63) is 0 Å². The standard InChI is InChI=1S/C2H7AsO3/c1-2-3(4,5)6/h2H2,1H3,(H2,4,5,6). The fourth-order valence-corrected chi connectivity index (χ4v) is 0. The van der Waals surface area contributed by atoms with E-state index in [1.54, 1.807) is 0 Å². The maximum atomic E-state index is 9.76. The minimum atomic E-state index is -4.16. The molecule has 0 rings (SSSR count). The van der Waals surface area contributed by atoms with Gasteiger partial charge in [-0.3, -0.25) is 0 Å². The van der Waals surface area contributed by atoms with E-state index >= 15 is 0 Å². The zero-order valence-electron chi connectivity index (χ0n) is 3.46. The molecule has 0 aliphatic heterocycles. The van der Waals surface area contributed by atoms with Gasteiger partial charge in [-0.15, -0.1) is 0 Å². The third-order valence-electron chi connectivity index (χ3n) is 0.412. The van der Waals surface area contributed by atoms with Gasteiger partial charge in [-0.05, 0) is 0 Å². The Morgan fingerprint density at radius 2 is 1.83 bits per heavy atom. The summed E-state index contributed by atoms with van der Waals surface area (Å²) in [6.07, 6.45) is 0. The first-order valence-electron chi connectivity index (χ1n) is 1.61. The number of hydrogen-bond acceptors (Lipinski definition) is 1. The molecule has 0 aromatic heterocycles. The number of hydrogen-bond donors (Lipinski definition) is 2. The van der Waals surface area contributed by atoms with E-state index < -0.39 is 14.2 Å². The van der Waals surface area contributed by atoms with Gasteiger partial charge in [0.25, 0.3) is 0 Å². The zero-order valence-corrected chi connectivity index (χ0v) is 5.33. The Balaban J connectivity index is 3.48. The Morgan fingerprint density at radius 3 is 1.83 bits per heavy atom. The second kappa shape index (κ2) is 1.82. The first kappa shape index (κ1) is 6.28. The van der Waals surface area contributed by atoms with Gasteiger partial charge in [0.1, 0.15) is 0 Å². The Kier molecular flexibility index (Phi) is 1.91. The normalized spacial score (nSPS) is 11.8. The van der Waals surface area contributed by atoms with Gasteiger partial charge < -0.3 is 0 Å². The van der Waals surface area contributed by atoms with E-state index in [9.17, 15) is 3.74 Å². The molecular weight excluding hydrogens is 147 g/mol. The molecule has 4 heteroatoms. The van der Waals surface area contributed by atoms with E-state index in [1.165, 1.54) is 6.92 Å². The van der Waals surface area contributed by atoms with Crippen LogP contribution in [0.1, 0.15) is 6.92 Å². The summed E-state index contributed by atoms with van der Waals surface area (Å²) in [5, 5.41) is -0.00174. The summed E-state index contributed by atoms with van der Waals surface area (Å²) < 4.78 is 25.8. The quantitative estimate of drug-likeness (QED) is 0.494. The van der Waals surface area contributed by atoms with Crippen LogP contribution in [0, 0.1) is 0 Å². The Hall–Kier alpha value is 0.278. The first-order chi connectivity index (χ1) is 2.56. The van der Waals surface area contributed by atoms with Crippen LogP contribution in [0.5, 0.6) is 0 Å². The van der Waals surface area contributed by atoms with Crippen molar-refractivity contribution in [2.24, 2.45) is 0 Å². The topological polar surface area (TPSA) is 57.5 Å². The van der Waals surface area contributed by atoms with E-state index in [0.29, 0.717) is 0 Å². The van der Waals surface area contributed by atoms with Gasteiger partial charge in [0.2, 0.25) is 0 Å². The van der Waals surface area contributed by atoms with Gasteiger partial charge in [0.05, 0.1) is 0 Å². The third kappa shape index (κ3) is 4.28. The monoisotopic (exact) mass is 154 g/mol. The molecule has 0 aliphatic rings. The minimum absolute atomic E-state index is 0.00174. The van der Waals surface area contributed by atoms with Gasteiger partial charge in [0, 0.05) is 0 Å². The molecule has 2 N–H and O–H groups in total. The molecule has 0 bridgehead atoms. The second-order valence-corrected chi connectivity index (χ2v) is 5.10. The van der Waals surface area contributed by atoms with E-state index in [1.807, 2.05) is 0 Å². The van der Waals surface area contributed by atoms with Crippen molar-refractivity contribution in [3.8, 4) is 0 Å². The predicted octanol–water partition coefficient (Wildman–Crippen LogP) is -0.640. The second-order valence-electron chi connectivity index (χ2n) is 0.981. The third-order valence-corrected chi connectivity index (χ3v) is 2.14. The Bertz CT molecular complexity index is 72.9. The summed E-state index contributed by atoms with van der Waals surface area (Å²) >= 11 is -4.16. The predicted molar refractivity (Wildman–Crippen MR) is 21.4 cm³/mol. The van der Waals surface area contributed by atoms with Crippen molar-refractivity contribution in [3.63, 3.8) is 0 Å². The first-order valence-corrected chi connectivity index (χ1v) is 5.38.